The van der Waals surface area contributed by atoms with Gasteiger partial charge < -0.3 is 4.74 Å². The molecule has 0 N–H and O–H groups in total. The van der Waals surface area contributed by atoms with Crippen LogP contribution in [0, 0.1) is 12.7 Å². The summed E-state index contributed by atoms with van der Waals surface area (Å²) in [6.45, 7) is 5.22. The average molecular weight is 366 g/mol. The molecule has 1 saturated heterocycles. The predicted octanol–water partition coefficient (Wildman–Crippen LogP) is 3.50. The molecule has 6 heteroatoms. The van der Waals surface area contributed by atoms with Gasteiger partial charge in [0, 0.05) is 55.8 Å². The molecule has 0 amide bonds. The van der Waals surface area contributed by atoms with Gasteiger partial charge in [0.1, 0.15) is 11.9 Å². The highest BCUT2D eigenvalue weighted by Gasteiger charge is 2.24. The number of nitrogens with zero attached hydrogens (tertiary/aromatic N) is 4. The van der Waals surface area contributed by atoms with Crippen molar-refractivity contribution in [2.24, 2.45) is 7.05 Å². The van der Waals surface area contributed by atoms with Gasteiger partial charge in [0.05, 0.1) is 18.0 Å². The van der Waals surface area contributed by atoms with Gasteiger partial charge in [-0.15, -0.1) is 0 Å². The number of pyridine rings is 1. The summed E-state index contributed by atoms with van der Waals surface area (Å²) in [5.74, 6) is -0.237. The van der Waals surface area contributed by atoms with Gasteiger partial charge in [-0.3, -0.25) is 14.6 Å². The second-order valence-electron chi connectivity index (χ2n) is 6.96. The standard InChI is InChI=1S/C21H23FN4O/c1-15-17(12-25(2)24-15)13-26-9-10-27-21(14-26)20-8-7-16(11-23-20)18-5-3-4-6-19(18)22/h3-8,11-12,21H,9-10,13-14H2,1-2H3/t21-/m0/s1. The van der Waals surface area contributed by atoms with Crippen LogP contribution in [0.25, 0.3) is 11.1 Å². The zero-order valence-electron chi connectivity index (χ0n) is 15.6. The number of rotatable bonds is 4. The summed E-state index contributed by atoms with van der Waals surface area (Å²) >= 11 is 0. The molecular weight excluding hydrogens is 343 g/mol. The van der Waals surface area contributed by atoms with Gasteiger partial charge in [0.2, 0.25) is 0 Å². The monoisotopic (exact) mass is 366 g/mol. The van der Waals surface area contributed by atoms with Crippen LogP contribution in [-0.4, -0.2) is 39.4 Å². The van der Waals surface area contributed by atoms with E-state index in [1.165, 1.54) is 11.6 Å². The Morgan fingerprint density at radius 3 is 2.78 bits per heavy atom. The molecule has 3 aromatic rings. The van der Waals surface area contributed by atoms with E-state index >= 15 is 0 Å². The molecule has 4 rings (SSSR count). The smallest absolute Gasteiger partial charge is 0.131 e. The SMILES string of the molecule is Cc1nn(C)cc1CN1CCO[C@H](c2ccc(-c3ccccc3F)cn2)C1. The second kappa shape index (κ2) is 7.58. The van der Waals surface area contributed by atoms with Crippen LogP contribution in [0.3, 0.4) is 0 Å². The number of aryl methyl sites for hydroxylation is 2. The molecule has 1 aliphatic heterocycles. The first-order valence-electron chi connectivity index (χ1n) is 9.14. The molecule has 1 atom stereocenters. The second-order valence-corrected chi connectivity index (χ2v) is 6.96. The minimum Gasteiger partial charge on any atom is -0.369 e. The summed E-state index contributed by atoms with van der Waals surface area (Å²) < 4.78 is 21.7. The van der Waals surface area contributed by atoms with Gasteiger partial charge in [0.25, 0.3) is 0 Å². The molecule has 0 spiro atoms. The highest BCUT2D eigenvalue weighted by atomic mass is 19.1. The number of morpholine rings is 1. The summed E-state index contributed by atoms with van der Waals surface area (Å²) in [5, 5.41) is 4.42. The fraction of sp³-hybridized carbons (Fsp3) is 0.333. The summed E-state index contributed by atoms with van der Waals surface area (Å²) in [5.41, 5.74) is 4.52. The minimum absolute atomic E-state index is 0.0783. The summed E-state index contributed by atoms with van der Waals surface area (Å²) in [6.07, 6.45) is 3.72. The maximum atomic E-state index is 14.0. The molecule has 1 aliphatic rings. The number of aromatic nitrogens is 3. The van der Waals surface area contributed by atoms with Crippen LogP contribution in [0.4, 0.5) is 4.39 Å². The third-order valence-corrected chi connectivity index (χ3v) is 4.96. The molecular formula is C21H23FN4O. The molecule has 2 aromatic heterocycles. The van der Waals surface area contributed by atoms with Crippen LogP contribution in [0.2, 0.25) is 0 Å². The maximum Gasteiger partial charge on any atom is 0.131 e. The van der Waals surface area contributed by atoms with Gasteiger partial charge >= 0.3 is 0 Å². The van der Waals surface area contributed by atoms with Gasteiger partial charge in [-0.05, 0) is 19.1 Å². The zero-order valence-corrected chi connectivity index (χ0v) is 15.6. The van der Waals surface area contributed by atoms with Crippen molar-refractivity contribution >= 4 is 0 Å². The highest BCUT2D eigenvalue weighted by Crippen LogP contribution is 2.26. The van der Waals surface area contributed by atoms with E-state index in [1.54, 1.807) is 18.3 Å². The molecule has 0 unspecified atom stereocenters. The lowest BCUT2D eigenvalue weighted by Crippen LogP contribution is -2.38. The molecule has 5 nitrogen and oxygen atoms in total. The van der Waals surface area contributed by atoms with E-state index in [2.05, 4.69) is 21.2 Å². The van der Waals surface area contributed by atoms with Gasteiger partial charge in [-0.1, -0.05) is 24.3 Å². The summed E-state index contributed by atoms with van der Waals surface area (Å²) in [6, 6.07) is 10.6. The molecule has 140 valence electrons. The molecule has 0 radical (unpaired) electrons. The number of halogens is 1. The van der Waals surface area contributed by atoms with Gasteiger partial charge in [-0.25, -0.2) is 4.39 Å². The Kier molecular flexibility index (Phi) is 5.01. The lowest BCUT2D eigenvalue weighted by molar-refractivity contribution is -0.0350. The van der Waals surface area contributed by atoms with Crippen molar-refractivity contribution < 1.29 is 9.13 Å². The number of benzene rings is 1. The Morgan fingerprint density at radius 1 is 1.22 bits per heavy atom. The van der Waals surface area contributed by atoms with Gasteiger partial charge in [-0.2, -0.15) is 5.10 Å². The average Bonchev–Trinajstić information content (AvgIpc) is 2.99. The molecule has 3 heterocycles. The number of hydrogen-bond donors (Lipinski definition) is 0. The Balaban J connectivity index is 1.47. The van der Waals surface area contributed by atoms with E-state index in [-0.39, 0.29) is 11.9 Å². The fourth-order valence-corrected chi connectivity index (χ4v) is 3.52. The first kappa shape index (κ1) is 17.8. The molecule has 27 heavy (non-hydrogen) atoms. The van der Waals surface area contributed by atoms with Crippen LogP contribution < -0.4 is 0 Å². The number of ether oxygens (including phenoxy) is 1. The fourth-order valence-electron chi connectivity index (χ4n) is 3.52. The van der Waals surface area contributed by atoms with E-state index in [0.717, 1.165) is 36.6 Å². The van der Waals surface area contributed by atoms with Crippen LogP contribution in [0.5, 0.6) is 0 Å². The van der Waals surface area contributed by atoms with Crippen molar-refractivity contribution in [3.8, 4) is 11.1 Å². The lowest BCUT2D eigenvalue weighted by Gasteiger charge is -2.32. The van der Waals surface area contributed by atoms with Crippen molar-refractivity contribution in [3.05, 3.63) is 71.6 Å². The van der Waals surface area contributed by atoms with E-state index in [0.29, 0.717) is 12.2 Å². The zero-order chi connectivity index (χ0) is 18.8. The van der Waals surface area contributed by atoms with Crippen molar-refractivity contribution in [1.29, 1.82) is 0 Å². The molecule has 0 saturated carbocycles. The van der Waals surface area contributed by atoms with E-state index < -0.39 is 0 Å². The molecule has 0 bridgehead atoms. The number of hydrogen-bond acceptors (Lipinski definition) is 4. The first-order valence-corrected chi connectivity index (χ1v) is 9.14. The first-order chi connectivity index (χ1) is 13.1. The Hall–Kier alpha value is -2.57. The largest absolute Gasteiger partial charge is 0.369 e. The summed E-state index contributed by atoms with van der Waals surface area (Å²) in [4.78, 5) is 6.91. The highest BCUT2D eigenvalue weighted by molar-refractivity contribution is 5.63. The van der Waals surface area contributed by atoms with Gasteiger partial charge in [0.15, 0.2) is 0 Å². The van der Waals surface area contributed by atoms with Crippen molar-refractivity contribution in [2.45, 2.75) is 19.6 Å². The van der Waals surface area contributed by atoms with Crippen LogP contribution in [-0.2, 0) is 18.3 Å². The quantitative estimate of drug-likeness (QED) is 0.709. The third kappa shape index (κ3) is 3.91. The van der Waals surface area contributed by atoms with Crippen molar-refractivity contribution in [3.63, 3.8) is 0 Å². The van der Waals surface area contributed by atoms with Crippen LogP contribution >= 0.6 is 0 Å². The molecule has 1 aromatic carbocycles. The van der Waals surface area contributed by atoms with Crippen molar-refractivity contribution in [1.82, 2.24) is 19.7 Å². The van der Waals surface area contributed by atoms with E-state index in [4.69, 9.17) is 4.74 Å². The molecule has 1 fully saturated rings. The van der Waals surface area contributed by atoms with E-state index in [1.807, 2.05) is 36.9 Å². The Bertz CT molecular complexity index is 922. The molecule has 0 aliphatic carbocycles. The Labute approximate surface area is 158 Å². The topological polar surface area (TPSA) is 43.2 Å². The van der Waals surface area contributed by atoms with Crippen LogP contribution in [0.15, 0.2) is 48.8 Å². The van der Waals surface area contributed by atoms with E-state index in [9.17, 15) is 4.39 Å². The van der Waals surface area contributed by atoms with Crippen molar-refractivity contribution in [2.75, 3.05) is 19.7 Å². The normalized spacial score (nSPS) is 18.0. The minimum atomic E-state index is -0.237. The maximum absolute atomic E-state index is 14.0. The Morgan fingerprint density at radius 2 is 2.07 bits per heavy atom. The third-order valence-electron chi connectivity index (χ3n) is 4.96. The lowest BCUT2D eigenvalue weighted by atomic mass is 10.1. The van der Waals surface area contributed by atoms with Crippen LogP contribution in [0.1, 0.15) is 23.1 Å². The predicted molar refractivity (Wildman–Crippen MR) is 102 cm³/mol. The summed E-state index contributed by atoms with van der Waals surface area (Å²) in [7, 11) is 1.94.